The first-order valence-corrected chi connectivity index (χ1v) is 8.15. The van der Waals surface area contributed by atoms with E-state index in [0.29, 0.717) is 16.6 Å². The third kappa shape index (κ3) is 4.38. The van der Waals surface area contributed by atoms with Crippen LogP contribution in [0, 0.1) is 0 Å². The molecule has 0 aliphatic heterocycles. The fraction of sp³-hybridized carbons (Fsp3) is 0.316. The summed E-state index contributed by atoms with van der Waals surface area (Å²) in [5.41, 5.74) is 3.07. The van der Waals surface area contributed by atoms with Crippen molar-refractivity contribution in [3.05, 3.63) is 48.0 Å². The molecule has 0 heterocycles. The van der Waals surface area contributed by atoms with Crippen molar-refractivity contribution in [2.45, 2.75) is 26.2 Å². The maximum absolute atomic E-state index is 5.45. The minimum absolute atomic E-state index is 0.0303. The summed E-state index contributed by atoms with van der Waals surface area (Å²) in [6.45, 7) is 6.54. The highest BCUT2D eigenvalue weighted by molar-refractivity contribution is 7.80. The van der Waals surface area contributed by atoms with E-state index in [0.717, 1.165) is 11.4 Å². The first-order valence-electron chi connectivity index (χ1n) is 7.74. The summed E-state index contributed by atoms with van der Waals surface area (Å²) in [7, 11) is 3.22. The zero-order valence-electron chi connectivity index (χ0n) is 14.8. The summed E-state index contributed by atoms with van der Waals surface area (Å²) in [6.07, 6.45) is 0. The molecule has 0 aliphatic rings. The Morgan fingerprint density at radius 2 is 1.58 bits per heavy atom. The van der Waals surface area contributed by atoms with Gasteiger partial charge in [0.05, 0.1) is 14.2 Å². The van der Waals surface area contributed by atoms with Gasteiger partial charge in [0.1, 0.15) is 0 Å². The number of methoxy groups -OCH3 is 2. The molecule has 0 bridgehead atoms. The summed E-state index contributed by atoms with van der Waals surface area (Å²) < 4.78 is 10.6. The number of thiocarbonyl (C=S) groups is 1. The molecule has 0 spiro atoms. The van der Waals surface area contributed by atoms with Gasteiger partial charge in [0.2, 0.25) is 0 Å². The summed E-state index contributed by atoms with van der Waals surface area (Å²) in [6, 6.07) is 13.8. The molecular formula is C19H24N2O2S. The smallest absolute Gasteiger partial charge is 0.175 e. The third-order valence-electron chi connectivity index (χ3n) is 3.62. The van der Waals surface area contributed by atoms with Gasteiger partial charge in [-0.05, 0) is 41.4 Å². The molecule has 0 aliphatic carbocycles. The van der Waals surface area contributed by atoms with E-state index in [1.165, 1.54) is 5.56 Å². The first-order chi connectivity index (χ1) is 11.3. The Morgan fingerprint density at radius 3 is 2.21 bits per heavy atom. The van der Waals surface area contributed by atoms with Crippen LogP contribution in [0.15, 0.2) is 42.5 Å². The van der Waals surface area contributed by atoms with Crippen LogP contribution in [0.5, 0.6) is 11.5 Å². The molecule has 128 valence electrons. The van der Waals surface area contributed by atoms with Gasteiger partial charge in [-0.25, -0.2) is 0 Å². The predicted octanol–water partition coefficient (Wildman–Crippen LogP) is 4.81. The lowest BCUT2D eigenvalue weighted by atomic mass is 9.86. The molecule has 4 nitrogen and oxygen atoms in total. The van der Waals surface area contributed by atoms with Crippen LogP contribution in [0.25, 0.3) is 0 Å². The molecule has 2 rings (SSSR count). The van der Waals surface area contributed by atoms with Gasteiger partial charge in [0.25, 0.3) is 0 Å². The molecule has 0 saturated heterocycles. The van der Waals surface area contributed by atoms with E-state index in [2.05, 4.69) is 37.5 Å². The van der Waals surface area contributed by atoms with Crippen LogP contribution < -0.4 is 20.1 Å². The quantitative estimate of drug-likeness (QED) is 0.779. The standard InChI is InChI=1S/C19H24N2O2S/c1-19(2,3)14-8-6-7-9-15(14)21-18(24)20-13-10-11-16(22-4)17(12-13)23-5/h6-12H,1-5H3,(H2,20,21,24). The topological polar surface area (TPSA) is 42.5 Å². The molecule has 5 heteroatoms. The van der Waals surface area contributed by atoms with E-state index in [1.807, 2.05) is 36.4 Å². The van der Waals surface area contributed by atoms with Crippen LogP contribution in [0.2, 0.25) is 0 Å². The monoisotopic (exact) mass is 344 g/mol. The molecule has 0 unspecified atom stereocenters. The Kier molecular flexibility index (Phi) is 5.67. The van der Waals surface area contributed by atoms with Crippen molar-refractivity contribution in [2.24, 2.45) is 0 Å². The molecule has 0 radical (unpaired) electrons. The Labute approximate surface area is 149 Å². The number of para-hydroxylation sites is 1. The number of hydrogen-bond donors (Lipinski definition) is 2. The largest absolute Gasteiger partial charge is 0.493 e. The minimum Gasteiger partial charge on any atom is -0.493 e. The molecule has 0 saturated carbocycles. The van der Waals surface area contributed by atoms with Gasteiger partial charge in [-0.1, -0.05) is 39.0 Å². The van der Waals surface area contributed by atoms with Gasteiger partial charge < -0.3 is 20.1 Å². The lowest BCUT2D eigenvalue weighted by Gasteiger charge is -2.23. The van der Waals surface area contributed by atoms with Crippen molar-refractivity contribution in [3.8, 4) is 11.5 Å². The van der Waals surface area contributed by atoms with Gasteiger partial charge >= 0.3 is 0 Å². The van der Waals surface area contributed by atoms with E-state index in [9.17, 15) is 0 Å². The van der Waals surface area contributed by atoms with Crippen molar-refractivity contribution in [3.63, 3.8) is 0 Å². The van der Waals surface area contributed by atoms with Crippen molar-refractivity contribution >= 4 is 28.7 Å². The molecule has 24 heavy (non-hydrogen) atoms. The number of nitrogens with one attached hydrogen (secondary N) is 2. The molecule has 2 N–H and O–H groups in total. The second-order valence-electron chi connectivity index (χ2n) is 6.44. The molecule has 0 atom stereocenters. The maximum Gasteiger partial charge on any atom is 0.175 e. The van der Waals surface area contributed by atoms with Crippen LogP contribution >= 0.6 is 12.2 Å². The summed E-state index contributed by atoms with van der Waals surface area (Å²) in [5, 5.41) is 6.99. The van der Waals surface area contributed by atoms with Gasteiger partial charge in [-0.3, -0.25) is 0 Å². The van der Waals surface area contributed by atoms with Crippen molar-refractivity contribution in [1.29, 1.82) is 0 Å². The average molecular weight is 344 g/mol. The van der Waals surface area contributed by atoms with E-state index in [4.69, 9.17) is 21.7 Å². The van der Waals surface area contributed by atoms with Gasteiger partial charge in [-0.2, -0.15) is 0 Å². The van der Waals surface area contributed by atoms with Crippen molar-refractivity contribution < 1.29 is 9.47 Å². The summed E-state index contributed by atoms with van der Waals surface area (Å²) >= 11 is 5.45. The summed E-state index contributed by atoms with van der Waals surface area (Å²) in [5.74, 6) is 1.33. The SMILES string of the molecule is COc1ccc(NC(=S)Nc2ccccc2C(C)(C)C)cc1OC. The molecule has 2 aromatic rings. The van der Waals surface area contributed by atoms with Crippen LogP contribution in [-0.2, 0) is 5.41 Å². The average Bonchev–Trinajstić information content (AvgIpc) is 2.54. The summed E-state index contributed by atoms with van der Waals surface area (Å²) in [4.78, 5) is 0. The van der Waals surface area contributed by atoms with Crippen LogP contribution in [-0.4, -0.2) is 19.3 Å². The van der Waals surface area contributed by atoms with Crippen molar-refractivity contribution in [1.82, 2.24) is 0 Å². The number of rotatable bonds is 4. The Bertz CT molecular complexity index is 724. The fourth-order valence-corrected chi connectivity index (χ4v) is 2.67. The highest BCUT2D eigenvalue weighted by Crippen LogP contribution is 2.31. The van der Waals surface area contributed by atoms with E-state index < -0.39 is 0 Å². The Morgan fingerprint density at radius 1 is 0.917 bits per heavy atom. The highest BCUT2D eigenvalue weighted by atomic mass is 32.1. The molecule has 0 aromatic heterocycles. The van der Waals surface area contributed by atoms with Gasteiger partial charge in [-0.15, -0.1) is 0 Å². The second-order valence-corrected chi connectivity index (χ2v) is 6.85. The third-order valence-corrected chi connectivity index (χ3v) is 3.83. The Hall–Kier alpha value is -2.27. The highest BCUT2D eigenvalue weighted by Gasteiger charge is 2.18. The predicted molar refractivity (Wildman–Crippen MR) is 105 cm³/mol. The lowest BCUT2D eigenvalue weighted by molar-refractivity contribution is 0.355. The van der Waals surface area contributed by atoms with Crippen LogP contribution in [0.4, 0.5) is 11.4 Å². The maximum atomic E-state index is 5.45. The number of benzene rings is 2. The number of hydrogen-bond acceptors (Lipinski definition) is 3. The van der Waals surface area contributed by atoms with E-state index in [-0.39, 0.29) is 5.41 Å². The lowest BCUT2D eigenvalue weighted by Crippen LogP contribution is -2.22. The van der Waals surface area contributed by atoms with Crippen LogP contribution in [0.1, 0.15) is 26.3 Å². The molecular weight excluding hydrogens is 320 g/mol. The second kappa shape index (κ2) is 7.53. The number of anilines is 2. The van der Waals surface area contributed by atoms with E-state index >= 15 is 0 Å². The van der Waals surface area contributed by atoms with Crippen molar-refractivity contribution in [2.75, 3.05) is 24.9 Å². The fourth-order valence-electron chi connectivity index (χ4n) is 2.44. The minimum atomic E-state index is 0.0303. The molecule has 0 fully saturated rings. The van der Waals surface area contributed by atoms with E-state index in [1.54, 1.807) is 14.2 Å². The zero-order valence-corrected chi connectivity index (χ0v) is 15.6. The normalized spacial score (nSPS) is 10.9. The molecule has 0 amide bonds. The Balaban J connectivity index is 2.15. The van der Waals surface area contributed by atoms with Crippen LogP contribution in [0.3, 0.4) is 0 Å². The van der Waals surface area contributed by atoms with Gasteiger partial charge in [0, 0.05) is 17.4 Å². The molecule has 2 aromatic carbocycles. The zero-order chi connectivity index (χ0) is 17.7. The number of ether oxygens (including phenoxy) is 2. The van der Waals surface area contributed by atoms with Gasteiger partial charge in [0.15, 0.2) is 16.6 Å². The first kappa shape index (κ1) is 18.1.